The number of hydrogen-bond donors (Lipinski definition) is 0. The fraction of sp³-hybridized carbons (Fsp3) is 0.429. The van der Waals surface area contributed by atoms with E-state index in [4.69, 9.17) is 4.74 Å². The minimum atomic E-state index is -0.0241. The molecule has 3 aromatic carbocycles. The molecule has 0 N–H and O–H groups in total. The van der Waals surface area contributed by atoms with E-state index in [0.29, 0.717) is 0 Å². The Morgan fingerprint density at radius 2 is 1.83 bits per heavy atom. The van der Waals surface area contributed by atoms with Crippen LogP contribution in [-0.2, 0) is 19.3 Å². The highest BCUT2D eigenvalue weighted by molar-refractivity contribution is 5.84. The van der Waals surface area contributed by atoms with Crippen LogP contribution >= 0.6 is 0 Å². The van der Waals surface area contributed by atoms with Gasteiger partial charge in [-0.1, -0.05) is 63.1 Å². The van der Waals surface area contributed by atoms with Gasteiger partial charge in [-0.05, 0) is 84.2 Å². The number of rotatable bonds is 8. The van der Waals surface area contributed by atoms with Crippen LogP contribution in [0.1, 0.15) is 74.1 Å². The molecule has 1 unspecified atom stereocenters. The molecule has 0 heterocycles. The molecule has 1 nitrogen and oxygen atoms in total. The van der Waals surface area contributed by atoms with Crippen LogP contribution in [0.3, 0.4) is 0 Å². The highest BCUT2D eigenvalue weighted by Crippen LogP contribution is 2.37. The summed E-state index contributed by atoms with van der Waals surface area (Å²) in [6.07, 6.45) is 8.65. The van der Waals surface area contributed by atoms with Crippen molar-refractivity contribution in [3.63, 3.8) is 0 Å². The molecule has 0 spiro atoms. The number of fused-ring (bicyclic) bond motifs is 2. The van der Waals surface area contributed by atoms with E-state index in [1.807, 2.05) is 12.1 Å². The standard InChI is InChI=1S/C28H33FO/c1-3-5-6-7-20-8-14-26-23(17-20)12-15-27(28(26)29)24-10-9-22-19-25(30-16-4-2)13-11-21(22)18-24/h8,11-15,17,19,24H,3-7,9-10,16,18H2,1-2H3. The molecule has 1 atom stereocenters. The Hall–Kier alpha value is -2.35. The van der Waals surface area contributed by atoms with E-state index in [0.717, 1.165) is 60.8 Å². The highest BCUT2D eigenvalue weighted by atomic mass is 19.1. The normalized spacial score (nSPS) is 15.9. The van der Waals surface area contributed by atoms with Crippen LogP contribution in [0.15, 0.2) is 48.5 Å². The number of unbranched alkanes of at least 4 members (excludes halogenated alkanes) is 2. The second kappa shape index (κ2) is 9.64. The molecule has 0 radical (unpaired) electrons. The third-order valence-corrected chi connectivity index (χ3v) is 6.44. The third kappa shape index (κ3) is 4.53. The fourth-order valence-corrected chi connectivity index (χ4v) is 4.71. The lowest BCUT2D eigenvalue weighted by Crippen LogP contribution is -2.14. The van der Waals surface area contributed by atoms with Gasteiger partial charge in [0.2, 0.25) is 0 Å². The van der Waals surface area contributed by atoms with E-state index in [1.54, 1.807) is 0 Å². The summed E-state index contributed by atoms with van der Waals surface area (Å²) < 4.78 is 21.2. The van der Waals surface area contributed by atoms with E-state index in [-0.39, 0.29) is 11.7 Å². The van der Waals surface area contributed by atoms with Crippen molar-refractivity contribution in [2.24, 2.45) is 0 Å². The molecule has 1 aliphatic carbocycles. The minimum Gasteiger partial charge on any atom is -0.494 e. The van der Waals surface area contributed by atoms with Crippen molar-refractivity contribution in [3.05, 3.63) is 76.6 Å². The van der Waals surface area contributed by atoms with Crippen molar-refractivity contribution in [2.75, 3.05) is 6.61 Å². The zero-order chi connectivity index (χ0) is 20.9. The SMILES string of the molecule is CCCCCc1ccc2c(F)c(C3CCc4cc(OCCC)ccc4C3)ccc2c1. The number of aryl methyl sites for hydroxylation is 2. The van der Waals surface area contributed by atoms with Gasteiger partial charge >= 0.3 is 0 Å². The summed E-state index contributed by atoms with van der Waals surface area (Å²) in [5.41, 5.74) is 4.88. The first-order valence-corrected chi connectivity index (χ1v) is 11.6. The van der Waals surface area contributed by atoms with Gasteiger partial charge in [0.1, 0.15) is 11.6 Å². The monoisotopic (exact) mass is 404 g/mol. The average molecular weight is 405 g/mol. The molecule has 0 bridgehead atoms. The van der Waals surface area contributed by atoms with Crippen molar-refractivity contribution >= 4 is 10.8 Å². The molecule has 0 saturated heterocycles. The first-order valence-electron chi connectivity index (χ1n) is 11.6. The lowest BCUT2D eigenvalue weighted by molar-refractivity contribution is 0.316. The van der Waals surface area contributed by atoms with E-state index in [1.165, 1.54) is 36.0 Å². The van der Waals surface area contributed by atoms with Gasteiger partial charge in [-0.3, -0.25) is 0 Å². The summed E-state index contributed by atoms with van der Waals surface area (Å²) in [4.78, 5) is 0. The molecule has 2 heteroatoms. The van der Waals surface area contributed by atoms with Gasteiger partial charge in [-0.2, -0.15) is 0 Å². The molecule has 4 rings (SSSR count). The lowest BCUT2D eigenvalue weighted by atomic mass is 9.79. The van der Waals surface area contributed by atoms with E-state index in [9.17, 15) is 0 Å². The van der Waals surface area contributed by atoms with E-state index >= 15 is 4.39 Å². The number of halogens is 1. The molecule has 0 aliphatic heterocycles. The summed E-state index contributed by atoms with van der Waals surface area (Å²) >= 11 is 0. The van der Waals surface area contributed by atoms with Crippen molar-refractivity contribution in [3.8, 4) is 5.75 Å². The Balaban J connectivity index is 1.53. The summed E-state index contributed by atoms with van der Waals surface area (Å²) in [6.45, 7) is 5.10. The summed E-state index contributed by atoms with van der Waals surface area (Å²) in [5.74, 6) is 1.18. The first-order chi connectivity index (χ1) is 14.7. The molecular formula is C28H33FO. The molecule has 158 valence electrons. The number of benzene rings is 3. The van der Waals surface area contributed by atoms with Crippen LogP contribution in [0.2, 0.25) is 0 Å². The van der Waals surface area contributed by atoms with E-state index < -0.39 is 0 Å². The highest BCUT2D eigenvalue weighted by Gasteiger charge is 2.24. The number of hydrogen-bond acceptors (Lipinski definition) is 1. The number of ether oxygens (including phenoxy) is 1. The van der Waals surface area contributed by atoms with Gasteiger partial charge in [0, 0.05) is 5.39 Å². The quantitative estimate of drug-likeness (QED) is 0.348. The summed E-state index contributed by atoms with van der Waals surface area (Å²) in [5, 5.41) is 1.79. The van der Waals surface area contributed by atoms with Crippen LogP contribution in [0, 0.1) is 5.82 Å². The van der Waals surface area contributed by atoms with Crippen molar-refractivity contribution in [2.45, 2.75) is 71.1 Å². The second-order valence-corrected chi connectivity index (χ2v) is 8.70. The Morgan fingerprint density at radius 1 is 0.933 bits per heavy atom. The summed E-state index contributed by atoms with van der Waals surface area (Å²) in [6, 6.07) is 16.8. The first kappa shape index (κ1) is 20.9. The van der Waals surface area contributed by atoms with Crippen LogP contribution < -0.4 is 4.74 Å². The topological polar surface area (TPSA) is 9.23 Å². The Kier molecular flexibility index (Phi) is 6.72. The zero-order valence-corrected chi connectivity index (χ0v) is 18.3. The van der Waals surface area contributed by atoms with Crippen LogP contribution in [0.5, 0.6) is 5.75 Å². The zero-order valence-electron chi connectivity index (χ0n) is 18.3. The maximum Gasteiger partial charge on any atom is 0.134 e. The van der Waals surface area contributed by atoms with Crippen LogP contribution in [0.25, 0.3) is 10.8 Å². The minimum absolute atomic E-state index is 0.0241. The van der Waals surface area contributed by atoms with Gasteiger partial charge in [-0.15, -0.1) is 0 Å². The average Bonchev–Trinajstić information content (AvgIpc) is 2.77. The second-order valence-electron chi connectivity index (χ2n) is 8.70. The molecule has 1 aliphatic rings. The van der Waals surface area contributed by atoms with Gasteiger partial charge in [0.25, 0.3) is 0 Å². The predicted octanol–water partition coefficient (Wildman–Crippen LogP) is 7.77. The van der Waals surface area contributed by atoms with Crippen molar-refractivity contribution in [1.82, 2.24) is 0 Å². The molecule has 3 aromatic rings. The van der Waals surface area contributed by atoms with Gasteiger partial charge in [0.05, 0.1) is 6.61 Å². The third-order valence-electron chi connectivity index (χ3n) is 6.44. The Bertz CT molecular complexity index is 1010. The fourth-order valence-electron chi connectivity index (χ4n) is 4.71. The lowest BCUT2D eigenvalue weighted by Gasteiger charge is -2.26. The van der Waals surface area contributed by atoms with Crippen molar-refractivity contribution < 1.29 is 9.13 Å². The summed E-state index contributed by atoms with van der Waals surface area (Å²) in [7, 11) is 0. The molecule has 0 fully saturated rings. The van der Waals surface area contributed by atoms with E-state index in [2.05, 4.69) is 50.2 Å². The maximum atomic E-state index is 15.5. The largest absolute Gasteiger partial charge is 0.494 e. The van der Waals surface area contributed by atoms with Crippen LogP contribution in [0.4, 0.5) is 4.39 Å². The molecular weight excluding hydrogens is 371 g/mol. The smallest absolute Gasteiger partial charge is 0.134 e. The molecule has 0 saturated carbocycles. The molecule has 30 heavy (non-hydrogen) atoms. The Morgan fingerprint density at radius 3 is 2.67 bits per heavy atom. The molecule has 0 aromatic heterocycles. The predicted molar refractivity (Wildman–Crippen MR) is 124 cm³/mol. The molecule has 0 amide bonds. The van der Waals surface area contributed by atoms with Crippen molar-refractivity contribution in [1.29, 1.82) is 0 Å². The van der Waals surface area contributed by atoms with Crippen LogP contribution in [-0.4, -0.2) is 6.61 Å². The Labute approximate surface area is 180 Å². The van der Waals surface area contributed by atoms with Gasteiger partial charge in [-0.25, -0.2) is 4.39 Å². The van der Waals surface area contributed by atoms with Gasteiger partial charge < -0.3 is 4.74 Å². The maximum absolute atomic E-state index is 15.5. The van der Waals surface area contributed by atoms with Gasteiger partial charge in [0.15, 0.2) is 0 Å².